The Hall–Kier alpha value is -6.16. The van der Waals surface area contributed by atoms with Crippen LogP contribution in [0.3, 0.4) is 0 Å². The lowest BCUT2D eigenvalue weighted by Gasteiger charge is -2.26. The monoisotopic (exact) mass is 713 g/mol. The molecule has 0 aliphatic carbocycles. The largest absolute Gasteiger partial charge is 0.480 e. The van der Waals surface area contributed by atoms with Crippen molar-refractivity contribution in [3.8, 4) is 0 Å². The number of carboxylic acids is 1. The number of aliphatic imine (C=N–C) groups is 2. The van der Waals surface area contributed by atoms with E-state index in [0.29, 0.717) is 6.42 Å². The van der Waals surface area contributed by atoms with Crippen LogP contribution in [0.2, 0.25) is 0 Å². The van der Waals surface area contributed by atoms with Crippen LogP contribution in [-0.2, 0) is 32.0 Å². The number of amides is 3. The van der Waals surface area contributed by atoms with Crippen LogP contribution < -0.4 is 44.6 Å². The zero-order valence-electron chi connectivity index (χ0n) is 28.8. The first-order chi connectivity index (χ1) is 24.9. The van der Waals surface area contributed by atoms with E-state index in [0.717, 1.165) is 32.8 Å². The predicted molar refractivity (Wildman–Crippen MR) is 201 cm³/mol. The summed E-state index contributed by atoms with van der Waals surface area (Å²) in [6.07, 6.45) is 2.83. The number of aromatic amines is 1. The lowest BCUT2D eigenvalue weighted by atomic mass is 9.97. The average Bonchev–Trinajstić information content (AvgIpc) is 3.52. The number of aromatic nitrogens is 1. The van der Waals surface area contributed by atoms with E-state index in [4.69, 9.17) is 28.7 Å². The highest BCUT2D eigenvalue weighted by atomic mass is 16.4. The third-order valence-corrected chi connectivity index (χ3v) is 8.53. The second-order valence-electron chi connectivity index (χ2n) is 12.4. The number of rotatable bonds is 19. The van der Waals surface area contributed by atoms with Crippen molar-refractivity contribution in [2.24, 2.45) is 38.7 Å². The van der Waals surface area contributed by atoms with Crippen LogP contribution in [0.4, 0.5) is 0 Å². The summed E-state index contributed by atoms with van der Waals surface area (Å²) in [5, 5.41) is 20.7. The van der Waals surface area contributed by atoms with Crippen LogP contribution >= 0.6 is 0 Å². The van der Waals surface area contributed by atoms with Gasteiger partial charge in [0.05, 0.1) is 6.04 Å². The van der Waals surface area contributed by atoms with Crippen LogP contribution in [-0.4, -0.2) is 83.0 Å². The Morgan fingerprint density at radius 3 is 1.85 bits per heavy atom. The first kappa shape index (κ1) is 38.6. The van der Waals surface area contributed by atoms with E-state index in [1.807, 2.05) is 66.7 Å². The molecule has 16 heteroatoms. The Morgan fingerprint density at radius 1 is 0.654 bits per heavy atom. The van der Waals surface area contributed by atoms with Gasteiger partial charge >= 0.3 is 5.97 Å². The molecular formula is C36H47N11O5. The number of hydrogen-bond acceptors (Lipinski definition) is 7. The molecule has 0 radical (unpaired) electrons. The van der Waals surface area contributed by atoms with Gasteiger partial charge in [0.25, 0.3) is 0 Å². The summed E-state index contributed by atoms with van der Waals surface area (Å²) < 4.78 is 0. The van der Waals surface area contributed by atoms with Crippen molar-refractivity contribution in [1.82, 2.24) is 20.9 Å². The van der Waals surface area contributed by atoms with Crippen LogP contribution in [0.1, 0.15) is 36.8 Å². The van der Waals surface area contributed by atoms with E-state index < -0.39 is 47.9 Å². The van der Waals surface area contributed by atoms with Crippen molar-refractivity contribution in [3.05, 3.63) is 84.1 Å². The summed E-state index contributed by atoms with van der Waals surface area (Å²) in [6, 6.07) is 16.1. The zero-order valence-corrected chi connectivity index (χ0v) is 28.8. The van der Waals surface area contributed by atoms with Gasteiger partial charge in [0.1, 0.15) is 18.1 Å². The maximum absolute atomic E-state index is 14.2. The van der Waals surface area contributed by atoms with E-state index in [2.05, 4.69) is 30.9 Å². The topological polar surface area (TPSA) is 295 Å². The highest BCUT2D eigenvalue weighted by Crippen LogP contribution is 2.22. The Morgan fingerprint density at radius 2 is 1.19 bits per heavy atom. The number of nitrogens with two attached hydrogens (primary N) is 5. The van der Waals surface area contributed by atoms with Gasteiger partial charge in [-0.05, 0) is 53.6 Å². The third kappa shape index (κ3) is 11.2. The molecule has 0 aliphatic heterocycles. The number of guanidine groups is 2. The molecule has 0 aliphatic rings. The van der Waals surface area contributed by atoms with Gasteiger partial charge in [-0.1, -0.05) is 60.7 Å². The maximum atomic E-state index is 14.2. The molecule has 3 aromatic carbocycles. The molecule has 52 heavy (non-hydrogen) atoms. The number of benzene rings is 3. The molecule has 0 bridgehead atoms. The summed E-state index contributed by atoms with van der Waals surface area (Å²) in [7, 11) is 0. The fraction of sp³-hybridized carbons (Fsp3) is 0.333. The van der Waals surface area contributed by atoms with E-state index in [-0.39, 0.29) is 57.1 Å². The number of hydrogen-bond donors (Lipinski definition) is 10. The smallest absolute Gasteiger partial charge is 0.326 e. The van der Waals surface area contributed by atoms with Crippen molar-refractivity contribution in [3.63, 3.8) is 0 Å². The first-order valence-electron chi connectivity index (χ1n) is 16.9. The average molecular weight is 714 g/mol. The Balaban J connectivity index is 1.62. The molecule has 3 amide bonds. The Labute approximate surface area is 300 Å². The molecule has 1 aromatic heterocycles. The summed E-state index contributed by atoms with van der Waals surface area (Å²) in [6.45, 7) is 0.447. The zero-order chi connectivity index (χ0) is 37.6. The number of aliphatic carboxylic acids is 1. The molecular weight excluding hydrogens is 666 g/mol. The number of para-hydroxylation sites is 1. The molecule has 276 valence electrons. The predicted octanol–water partition coefficient (Wildman–Crippen LogP) is 0.0798. The SMILES string of the molecule is NC(N)=NCCC[C@H](NC(=O)[C@H](Cc1cccc2ccccc12)NC(=O)[C@H](Cc1c[nH]c2ccccc12)NC(=O)[C@@H](N)CCCN=C(N)N)C(=O)O. The summed E-state index contributed by atoms with van der Waals surface area (Å²) in [4.78, 5) is 64.6. The van der Waals surface area contributed by atoms with Gasteiger partial charge in [0.2, 0.25) is 17.7 Å². The van der Waals surface area contributed by atoms with Gasteiger partial charge in [-0.2, -0.15) is 0 Å². The van der Waals surface area contributed by atoms with Crippen LogP contribution in [0.5, 0.6) is 0 Å². The summed E-state index contributed by atoms with van der Waals surface area (Å²) >= 11 is 0. The van der Waals surface area contributed by atoms with E-state index in [9.17, 15) is 24.3 Å². The summed E-state index contributed by atoms with van der Waals surface area (Å²) in [5.74, 6) is -3.42. The van der Waals surface area contributed by atoms with Gasteiger partial charge in [0, 0.05) is 43.0 Å². The van der Waals surface area contributed by atoms with Crippen molar-refractivity contribution < 1.29 is 24.3 Å². The Kier molecular flexibility index (Phi) is 13.9. The van der Waals surface area contributed by atoms with Gasteiger partial charge in [-0.3, -0.25) is 24.4 Å². The normalized spacial score (nSPS) is 13.3. The molecule has 0 saturated heterocycles. The first-order valence-corrected chi connectivity index (χ1v) is 16.9. The van der Waals surface area contributed by atoms with E-state index in [1.165, 1.54) is 0 Å². The van der Waals surface area contributed by atoms with Crippen LogP contribution in [0.25, 0.3) is 21.7 Å². The van der Waals surface area contributed by atoms with Crippen molar-refractivity contribution in [1.29, 1.82) is 0 Å². The number of H-pyrrole nitrogens is 1. The third-order valence-electron chi connectivity index (χ3n) is 8.53. The minimum atomic E-state index is -1.28. The number of carboxylic acid groups (broad SMARTS) is 1. The van der Waals surface area contributed by atoms with E-state index >= 15 is 0 Å². The fourth-order valence-corrected chi connectivity index (χ4v) is 5.86. The van der Waals surface area contributed by atoms with E-state index in [1.54, 1.807) is 6.20 Å². The summed E-state index contributed by atoms with van der Waals surface area (Å²) in [5.41, 5.74) is 30.1. The minimum absolute atomic E-state index is 0.0251. The Bertz CT molecular complexity index is 1910. The second kappa shape index (κ2) is 18.7. The number of fused-ring (bicyclic) bond motifs is 2. The maximum Gasteiger partial charge on any atom is 0.326 e. The molecule has 1 heterocycles. The van der Waals surface area contributed by atoms with Gasteiger partial charge in [-0.15, -0.1) is 0 Å². The van der Waals surface area contributed by atoms with Crippen molar-refractivity contribution >= 4 is 57.3 Å². The molecule has 0 saturated carbocycles. The fourth-order valence-electron chi connectivity index (χ4n) is 5.86. The molecule has 4 rings (SSSR count). The molecule has 0 unspecified atom stereocenters. The quantitative estimate of drug-likeness (QED) is 0.0355. The van der Waals surface area contributed by atoms with Gasteiger partial charge in [0.15, 0.2) is 11.9 Å². The molecule has 4 atom stereocenters. The number of nitrogens with one attached hydrogen (secondary N) is 4. The molecule has 0 fully saturated rings. The number of nitrogens with zero attached hydrogens (tertiary/aromatic N) is 2. The van der Waals surface area contributed by atoms with Crippen LogP contribution in [0.15, 0.2) is 82.9 Å². The number of carbonyl (C=O) groups is 4. The van der Waals surface area contributed by atoms with Gasteiger partial charge in [-0.25, -0.2) is 4.79 Å². The molecule has 0 spiro atoms. The molecule has 4 aromatic rings. The van der Waals surface area contributed by atoms with Crippen molar-refractivity contribution in [2.45, 2.75) is 62.7 Å². The minimum Gasteiger partial charge on any atom is -0.480 e. The van der Waals surface area contributed by atoms with Crippen molar-refractivity contribution in [2.75, 3.05) is 13.1 Å². The number of carbonyl (C=O) groups excluding carboxylic acids is 3. The second-order valence-corrected chi connectivity index (χ2v) is 12.4. The lowest BCUT2D eigenvalue weighted by Crippen LogP contribution is -2.58. The molecule has 16 nitrogen and oxygen atoms in total. The highest BCUT2D eigenvalue weighted by Gasteiger charge is 2.31. The van der Waals surface area contributed by atoms with Gasteiger partial charge < -0.3 is 54.7 Å². The standard InChI is InChI=1S/C36H47N11O5/c37-26(13-6-16-42-35(38)39)31(48)46-30(19-23-20-44-27-14-4-3-12-25(23)27)33(50)47-29(18-22-10-5-9-21-8-1-2-11-24(21)22)32(49)45-28(34(51)52)15-7-17-43-36(40)41/h1-5,8-12,14,20,26,28-30,44H,6-7,13,15-19,37H2,(H,45,49)(H,46,48)(H,47,50)(H,51,52)(H4,38,39,42)(H4,40,41,43)/t26-,28-,29-,30-/m0/s1. The lowest BCUT2D eigenvalue weighted by molar-refractivity contribution is -0.142. The molecule has 15 N–H and O–H groups in total. The van der Waals surface area contributed by atoms with Crippen LogP contribution in [0, 0.1) is 0 Å². The highest BCUT2D eigenvalue weighted by molar-refractivity contribution is 5.95.